The van der Waals surface area contributed by atoms with Gasteiger partial charge in [-0.2, -0.15) is 0 Å². The number of hydrogen-bond acceptors (Lipinski definition) is 2. The molecule has 0 radical (unpaired) electrons. The van der Waals surface area contributed by atoms with Crippen LogP contribution in [0.15, 0.2) is 30.5 Å². The fourth-order valence-electron chi connectivity index (χ4n) is 1.59. The van der Waals surface area contributed by atoms with Gasteiger partial charge in [-0.1, -0.05) is 30.7 Å². The predicted octanol–water partition coefficient (Wildman–Crippen LogP) is 3.03. The van der Waals surface area contributed by atoms with Gasteiger partial charge in [0.15, 0.2) is 0 Å². The molecule has 0 unspecified atom stereocenters. The summed E-state index contributed by atoms with van der Waals surface area (Å²) in [5, 5.41) is 4.29. The zero-order valence-corrected chi connectivity index (χ0v) is 10.3. The molecule has 17 heavy (non-hydrogen) atoms. The number of hydrogen-bond donors (Lipinski definition) is 1. The van der Waals surface area contributed by atoms with E-state index in [-0.39, 0.29) is 5.91 Å². The topological polar surface area (TPSA) is 42.0 Å². The van der Waals surface area contributed by atoms with Crippen LogP contribution in [0, 0.1) is 0 Å². The monoisotopic (exact) mass is 248 g/mol. The number of benzene rings is 1. The minimum Gasteiger partial charge on any atom is -0.352 e. The van der Waals surface area contributed by atoms with Gasteiger partial charge in [-0.05, 0) is 18.6 Å². The van der Waals surface area contributed by atoms with Crippen LogP contribution in [0.4, 0.5) is 0 Å². The second kappa shape index (κ2) is 5.15. The summed E-state index contributed by atoms with van der Waals surface area (Å²) in [6.45, 7) is 2.69. The van der Waals surface area contributed by atoms with Gasteiger partial charge in [-0.3, -0.25) is 9.78 Å². The first-order chi connectivity index (χ1) is 8.22. The van der Waals surface area contributed by atoms with Crippen molar-refractivity contribution in [3.63, 3.8) is 0 Å². The Morgan fingerprint density at radius 3 is 3.06 bits per heavy atom. The minimum absolute atomic E-state index is 0.0961. The largest absolute Gasteiger partial charge is 0.352 e. The van der Waals surface area contributed by atoms with E-state index in [0.717, 1.165) is 17.3 Å². The molecule has 2 rings (SSSR count). The molecule has 1 N–H and O–H groups in total. The number of para-hydroxylation sites is 1. The lowest BCUT2D eigenvalue weighted by atomic mass is 10.1. The van der Waals surface area contributed by atoms with Crippen molar-refractivity contribution in [3.05, 3.63) is 41.0 Å². The zero-order chi connectivity index (χ0) is 12.3. The maximum absolute atomic E-state index is 11.7. The number of aromatic nitrogens is 1. The molecule has 0 saturated carbocycles. The molecule has 0 aliphatic rings. The molecule has 0 saturated heterocycles. The highest BCUT2D eigenvalue weighted by molar-refractivity contribution is 6.35. The van der Waals surface area contributed by atoms with Crippen molar-refractivity contribution in [2.24, 2.45) is 0 Å². The van der Waals surface area contributed by atoms with E-state index in [2.05, 4.69) is 10.3 Å². The maximum Gasteiger partial charge on any atom is 0.252 e. The Morgan fingerprint density at radius 1 is 1.47 bits per heavy atom. The first-order valence-electron chi connectivity index (χ1n) is 5.55. The third-order valence-electron chi connectivity index (χ3n) is 2.46. The van der Waals surface area contributed by atoms with Crippen LogP contribution in [0.5, 0.6) is 0 Å². The summed E-state index contributed by atoms with van der Waals surface area (Å²) < 4.78 is 0. The quantitative estimate of drug-likeness (QED) is 0.907. The van der Waals surface area contributed by atoms with Crippen molar-refractivity contribution < 1.29 is 4.79 Å². The van der Waals surface area contributed by atoms with Gasteiger partial charge < -0.3 is 5.32 Å². The molecule has 3 nitrogen and oxygen atoms in total. The summed E-state index contributed by atoms with van der Waals surface area (Å²) in [7, 11) is 0. The molecule has 1 heterocycles. The van der Waals surface area contributed by atoms with Gasteiger partial charge in [0.1, 0.15) is 0 Å². The van der Waals surface area contributed by atoms with E-state index in [1.54, 1.807) is 18.3 Å². The Hall–Kier alpha value is -1.61. The van der Waals surface area contributed by atoms with E-state index in [0.29, 0.717) is 17.1 Å². The number of rotatable bonds is 3. The Bertz CT molecular complexity index is 554. The van der Waals surface area contributed by atoms with Gasteiger partial charge in [-0.15, -0.1) is 0 Å². The standard InChI is InChI=1S/C13H13ClN2O/c1-2-6-15-13(17)10-7-9-4-3-5-11(14)12(9)16-8-10/h3-5,7-8H,2,6H2,1H3,(H,15,17). The lowest BCUT2D eigenvalue weighted by Crippen LogP contribution is -2.24. The summed E-state index contributed by atoms with van der Waals surface area (Å²) in [5.74, 6) is -0.0961. The molecule has 1 aromatic heterocycles. The number of nitrogens with one attached hydrogen (secondary N) is 1. The number of halogens is 1. The summed E-state index contributed by atoms with van der Waals surface area (Å²) in [6, 6.07) is 7.33. The van der Waals surface area contributed by atoms with Crippen LogP contribution in [-0.2, 0) is 0 Å². The summed E-state index contributed by atoms with van der Waals surface area (Å²) in [6.07, 6.45) is 2.47. The van der Waals surface area contributed by atoms with E-state index >= 15 is 0 Å². The fraction of sp³-hybridized carbons (Fsp3) is 0.231. The highest BCUT2D eigenvalue weighted by Gasteiger charge is 2.07. The lowest BCUT2D eigenvalue weighted by Gasteiger charge is -2.05. The number of pyridine rings is 1. The van der Waals surface area contributed by atoms with Crippen LogP contribution < -0.4 is 5.32 Å². The van der Waals surface area contributed by atoms with Gasteiger partial charge >= 0.3 is 0 Å². The van der Waals surface area contributed by atoms with Crippen LogP contribution in [0.25, 0.3) is 10.9 Å². The maximum atomic E-state index is 11.7. The van der Waals surface area contributed by atoms with Crippen LogP contribution in [0.1, 0.15) is 23.7 Å². The van der Waals surface area contributed by atoms with Gasteiger partial charge in [-0.25, -0.2) is 0 Å². The summed E-state index contributed by atoms with van der Waals surface area (Å²) >= 11 is 6.01. The van der Waals surface area contributed by atoms with Crippen molar-refractivity contribution in [2.45, 2.75) is 13.3 Å². The summed E-state index contributed by atoms with van der Waals surface area (Å²) in [5.41, 5.74) is 1.29. The first kappa shape index (κ1) is 11.9. The van der Waals surface area contributed by atoms with Crippen molar-refractivity contribution >= 4 is 28.4 Å². The average molecular weight is 249 g/mol. The molecule has 0 spiro atoms. The Kier molecular flexibility index (Phi) is 3.59. The molecule has 0 aliphatic heterocycles. The number of amides is 1. The number of carbonyl (C=O) groups is 1. The highest BCUT2D eigenvalue weighted by atomic mass is 35.5. The zero-order valence-electron chi connectivity index (χ0n) is 9.53. The van der Waals surface area contributed by atoms with Gasteiger partial charge in [0.25, 0.3) is 5.91 Å². The molecule has 0 aliphatic carbocycles. The second-order valence-corrected chi connectivity index (χ2v) is 4.20. The third-order valence-corrected chi connectivity index (χ3v) is 2.76. The Balaban J connectivity index is 2.35. The van der Waals surface area contributed by atoms with E-state index in [4.69, 9.17) is 11.6 Å². The minimum atomic E-state index is -0.0961. The van der Waals surface area contributed by atoms with Crippen molar-refractivity contribution in [1.29, 1.82) is 0 Å². The molecule has 1 amide bonds. The smallest absolute Gasteiger partial charge is 0.252 e. The molecule has 0 bridgehead atoms. The second-order valence-electron chi connectivity index (χ2n) is 3.79. The molecule has 1 aromatic carbocycles. The highest BCUT2D eigenvalue weighted by Crippen LogP contribution is 2.21. The van der Waals surface area contributed by atoms with Crippen LogP contribution in [0.2, 0.25) is 5.02 Å². The first-order valence-corrected chi connectivity index (χ1v) is 5.92. The SMILES string of the molecule is CCCNC(=O)c1cnc2c(Cl)cccc2c1. The van der Waals surface area contributed by atoms with Gasteiger partial charge in [0.05, 0.1) is 16.1 Å². The lowest BCUT2D eigenvalue weighted by molar-refractivity contribution is 0.0953. The molecule has 2 aromatic rings. The molecule has 4 heteroatoms. The molecule has 0 atom stereocenters. The van der Waals surface area contributed by atoms with Gasteiger partial charge in [0, 0.05) is 18.1 Å². The molecule has 0 fully saturated rings. The van der Waals surface area contributed by atoms with Crippen LogP contribution in [0.3, 0.4) is 0 Å². The third kappa shape index (κ3) is 2.56. The van der Waals surface area contributed by atoms with Crippen LogP contribution in [-0.4, -0.2) is 17.4 Å². The van der Waals surface area contributed by atoms with E-state index < -0.39 is 0 Å². The predicted molar refractivity (Wildman–Crippen MR) is 69.4 cm³/mol. The van der Waals surface area contributed by atoms with Crippen molar-refractivity contribution in [1.82, 2.24) is 10.3 Å². The fourth-order valence-corrected chi connectivity index (χ4v) is 1.82. The molecular weight excluding hydrogens is 236 g/mol. The normalized spacial score (nSPS) is 10.5. The number of carbonyl (C=O) groups excluding carboxylic acids is 1. The summed E-state index contributed by atoms with van der Waals surface area (Å²) in [4.78, 5) is 16.0. The average Bonchev–Trinajstić information content (AvgIpc) is 2.36. The van der Waals surface area contributed by atoms with Crippen LogP contribution >= 0.6 is 11.6 Å². The van der Waals surface area contributed by atoms with Crippen molar-refractivity contribution in [3.8, 4) is 0 Å². The molecular formula is C13H13ClN2O. The van der Waals surface area contributed by atoms with Crippen molar-refractivity contribution in [2.75, 3.05) is 6.54 Å². The van der Waals surface area contributed by atoms with Gasteiger partial charge in [0.2, 0.25) is 0 Å². The number of nitrogens with zero attached hydrogens (tertiary/aromatic N) is 1. The Labute approximate surface area is 105 Å². The number of fused-ring (bicyclic) bond motifs is 1. The van der Waals surface area contributed by atoms with E-state index in [9.17, 15) is 4.79 Å². The van der Waals surface area contributed by atoms with E-state index in [1.807, 2.05) is 19.1 Å². The Morgan fingerprint density at radius 2 is 2.29 bits per heavy atom. The molecule has 88 valence electrons. The van der Waals surface area contributed by atoms with E-state index in [1.165, 1.54) is 0 Å².